The van der Waals surface area contributed by atoms with Gasteiger partial charge in [0.1, 0.15) is 5.75 Å². The van der Waals surface area contributed by atoms with Crippen molar-refractivity contribution in [3.05, 3.63) is 23.2 Å². The molecule has 0 amide bonds. The van der Waals surface area contributed by atoms with Gasteiger partial charge in [0.15, 0.2) is 0 Å². The second-order valence-corrected chi connectivity index (χ2v) is 3.82. The number of esters is 1. The molecule has 0 bridgehead atoms. The molecule has 0 fully saturated rings. The first-order valence-electron chi connectivity index (χ1n) is 5.07. The first kappa shape index (κ1) is 11.1. The second-order valence-electron chi connectivity index (χ2n) is 3.38. The molecule has 0 radical (unpaired) electrons. The summed E-state index contributed by atoms with van der Waals surface area (Å²) >= 11 is 5.84. The summed E-state index contributed by atoms with van der Waals surface area (Å²) in [6.45, 7) is 2.51. The Hall–Kier alpha value is -1.42. The molecule has 1 aromatic rings. The quantitative estimate of drug-likeness (QED) is 0.806. The molecule has 4 nitrogen and oxygen atoms in total. The molecular formula is C11H12ClNO3. The Morgan fingerprint density at radius 1 is 1.69 bits per heavy atom. The van der Waals surface area contributed by atoms with Gasteiger partial charge in [0.25, 0.3) is 0 Å². The van der Waals surface area contributed by atoms with Gasteiger partial charge in [0.2, 0.25) is 6.10 Å². The predicted octanol–water partition coefficient (Wildman–Crippen LogP) is 2.08. The number of nitrogens with one attached hydrogen (secondary N) is 1. The summed E-state index contributed by atoms with van der Waals surface area (Å²) in [5, 5.41) is 3.71. The zero-order chi connectivity index (χ0) is 11.5. The van der Waals surface area contributed by atoms with Gasteiger partial charge in [0, 0.05) is 5.02 Å². The van der Waals surface area contributed by atoms with Crippen LogP contribution in [0.4, 0.5) is 5.69 Å². The molecule has 16 heavy (non-hydrogen) atoms. The van der Waals surface area contributed by atoms with Crippen LogP contribution < -0.4 is 10.1 Å². The fourth-order valence-electron chi connectivity index (χ4n) is 1.51. The Kier molecular flexibility index (Phi) is 3.19. The minimum absolute atomic E-state index is 0.351. The Balaban J connectivity index is 2.12. The number of carbonyl (C=O) groups excluding carboxylic acids is 1. The molecule has 0 unspecified atom stereocenters. The van der Waals surface area contributed by atoms with E-state index in [1.54, 1.807) is 25.1 Å². The number of carbonyl (C=O) groups is 1. The number of hydrogen-bond donors (Lipinski definition) is 1. The van der Waals surface area contributed by atoms with Gasteiger partial charge in [-0.3, -0.25) is 0 Å². The third kappa shape index (κ3) is 2.22. The van der Waals surface area contributed by atoms with Crippen molar-refractivity contribution in [3.63, 3.8) is 0 Å². The van der Waals surface area contributed by atoms with Crippen molar-refractivity contribution in [1.29, 1.82) is 0 Å². The maximum Gasteiger partial charge on any atom is 0.349 e. The van der Waals surface area contributed by atoms with E-state index < -0.39 is 6.10 Å². The summed E-state index contributed by atoms with van der Waals surface area (Å²) in [6, 6.07) is 5.21. The van der Waals surface area contributed by atoms with E-state index in [9.17, 15) is 4.79 Å². The topological polar surface area (TPSA) is 47.6 Å². The zero-order valence-electron chi connectivity index (χ0n) is 8.83. The van der Waals surface area contributed by atoms with Crippen molar-refractivity contribution < 1.29 is 14.3 Å². The lowest BCUT2D eigenvalue weighted by molar-refractivity contribution is -0.150. The SMILES string of the molecule is CCOC(=O)[C@H]1CNc2cc(Cl)ccc2O1. The van der Waals surface area contributed by atoms with Gasteiger partial charge in [-0.15, -0.1) is 0 Å². The number of fused-ring (bicyclic) bond motifs is 1. The predicted molar refractivity (Wildman–Crippen MR) is 61.0 cm³/mol. The summed E-state index contributed by atoms with van der Waals surface area (Å²) in [4.78, 5) is 11.5. The maximum atomic E-state index is 11.5. The molecule has 2 rings (SSSR count). The van der Waals surface area contributed by atoms with Crippen molar-refractivity contribution in [2.75, 3.05) is 18.5 Å². The number of halogens is 1. The van der Waals surface area contributed by atoms with E-state index in [2.05, 4.69) is 5.32 Å². The minimum Gasteiger partial charge on any atom is -0.475 e. The summed E-state index contributed by atoms with van der Waals surface area (Å²) in [6.07, 6.45) is -0.589. The van der Waals surface area contributed by atoms with E-state index in [1.165, 1.54) is 0 Å². The highest BCUT2D eigenvalue weighted by molar-refractivity contribution is 6.30. The van der Waals surface area contributed by atoms with Crippen LogP contribution in [0.5, 0.6) is 5.75 Å². The van der Waals surface area contributed by atoms with Crippen LogP contribution in [-0.4, -0.2) is 25.2 Å². The van der Waals surface area contributed by atoms with Gasteiger partial charge in [-0.05, 0) is 25.1 Å². The Morgan fingerprint density at radius 2 is 2.50 bits per heavy atom. The average Bonchev–Trinajstić information content (AvgIpc) is 2.28. The molecule has 1 N–H and O–H groups in total. The van der Waals surface area contributed by atoms with E-state index in [0.717, 1.165) is 5.69 Å². The highest BCUT2D eigenvalue weighted by Gasteiger charge is 2.26. The van der Waals surface area contributed by atoms with Crippen molar-refractivity contribution >= 4 is 23.3 Å². The molecule has 1 aromatic carbocycles. The van der Waals surface area contributed by atoms with Gasteiger partial charge in [-0.2, -0.15) is 0 Å². The smallest absolute Gasteiger partial charge is 0.349 e. The van der Waals surface area contributed by atoms with Crippen LogP contribution in [0.3, 0.4) is 0 Å². The van der Waals surface area contributed by atoms with E-state index in [-0.39, 0.29) is 5.97 Å². The van der Waals surface area contributed by atoms with Crippen LogP contribution in [0.2, 0.25) is 5.02 Å². The molecule has 0 saturated carbocycles. The minimum atomic E-state index is -0.589. The van der Waals surface area contributed by atoms with E-state index in [4.69, 9.17) is 21.1 Å². The fraction of sp³-hybridized carbons (Fsp3) is 0.364. The molecule has 0 aromatic heterocycles. The highest BCUT2D eigenvalue weighted by atomic mass is 35.5. The van der Waals surface area contributed by atoms with Gasteiger partial charge in [-0.1, -0.05) is 11.6 Å². The summed E-state index contributed by atoms with van der Waals surface area (Å²) in [5.74, 6) is 0.268. The summed E-state index contributed by atoms with van der Waals surface area (Å²) in [7, 11) is 0. The third-order valence-corrected chi connectivity index (χ3v) is 2.47. The molecule has 5 heteroatoms. The number of hydrogen-bond acceptors (Lipinski definition) is 4. The number of rotatable bonds is 2. The molecule has 1 heterocycles. The van der Waals surface area contributed by atoms with Crippen LogP contribution in [-0.2, 0) is 9.53 Å². The third-order valence-electron chi connectivity index (χ3n) is 2.24. The summed E-state index contributed by atoms with van der Waals surface area (Å²) in [5.41, 5.74) is 0.799. The molecule has 0 aliphatic carbocycles. The van der Waals surface area contributed by atoms with Crippen LogP contribution in [0.1, 0.15) is 6.92 Å². The average molecular weight is 242 g/mol. The standard InChI is InChI=1S/C11H12ClNO3/c1-2-15-11(14)10-6-13-8-5-7(12)3-4-9(8)16-10/h3-5,10,13H,2,6H2,1H3/t10-/m1/s1. The number of anilines is 1. The van der Waals surface area contributed by atoms with Crippen LogP contribution in [0.25, 0.3) is 0 Å². The lowest BCUT2D eigenvalue weighted by Gasteiger charge is -2.25. The molecule has 0 saturated heterocycles. The van der Waals surface area contributed by atoms with E-state index in [1.807, 2.05) is 0 Å². The number of ether oxygens (including phenoxy) is 2. The van der Waals surface area contributed by atoms with E-state index in [0.29, 0.717) is 23.9 Å². The Bertz CT molecular complexity index is 408. The Labute approximate surface area is 98.5 Å². The molecule has 86 valence electrons. The zero-order valence-corrected chi connectivity index (χ0v) is 9.58. The molecule has 0 spiro atoms. The monoisotopic (exact) mass is 241 g/mol. The van der Waals surface area contributed by atoms with Crippen molar-refractivity contribution in [2.45, 2.75) is 13.0 Å². The van der Waals surface area contributed by atoms with Crippen molar-refractivity contribution in [3.8, 4) is 5.75 Å². The Morgan fingerprint density at radius 3 is 3.25 bits per heavy atom. The van der Waals surface area contributed by atoms with Gasteiger partial charge in [-0.25, -0.2) is 4.79 Å². The first-order chi connectivity index (χ1) is 7.70. The highest BCUT2D eigenvalue weighted by Crippen LogP contribution is 2.31. The van der Waals surface area contributed by atoms with Crippen molar-refractivity contribution in [1.82, 2.24) is 0 Å². The van der Waals surface area contributed by atoms with Crippen LogP contribution in [0.15, 0.2) is 18.2 Å². The first-order valence-corrected chi connectivity index (χ1v) is 5.45. The fourth-order valence-corrected chi connectivity index (χ4v) is 1.68. The lowest BCUT2D eigenvalue weighted by Crippen LogP contribution is -2.38. The lowest BCUT2D eigenvalue weighted by atomic mass is 10.2. The molecular weight excluding hydrogens is 230 g/mol. The maximum absolute atomic E-state index is 11.5. The number of benzene rings is 1. The van der Waals surface area contributed by atoms with Crippen LogP contribution in [0, 0.1) is 0 Å². The molecule has 1 aliphatic heterocycles. The normalized spacial score (nSPS) is 18.0. The van der Waals surface area contributed by atoms with Gasteiger partial charge in [0.05, 0.1) is 18.8 Å². The largest absolute Gasteiger partial charge is 0.475 e. The van der Waals surface area contributed by atoms with Crippen molar-refractivity contribution in [2.24, 2.45) is 0 Å². The molecule has 1 aliphatic rings. The molecule has 1 atom stereocenters. The van der Waals surface area contributed by atoms with E-state index >= 15 is 0 Å². The van der Waals surface area contributed by atoms with Crippen LogP contribution >= 0.6 is 11.6 Å². The summed E-state index contributed by atoms with van der Waals surface area (Å²) < 4.78 is 10.4. The van der Waals surface area contributed by atoms with Gasteiger partial charge >= 0.3 is 5.97 Å². The van der Waals surface area contributed by atoms with Gasteiger partial charge < -0.3 is 14.8 Å². The second kappa shape index (κ2) is 4.61.